The van der Waals surface area contributed by atoms with Crippen molar-refractivity contribution in [3.63, 3.8) is 0 Å². The number of hydrogen-bond donors (Lipinski definition) is 2. The first-order valence-electron chi connectivity index (χ1n) is 10.3. The average molecular weight is 490 g/mol. The van der Waals surface area contributed by atoms with Crippen LogP contribution in [0, 0.1) is 5.41 Å². The molecule has 2 rings (SSSR count). The second kappa shape index (κ2) is 10.4. The Balaban J connectivity index is 1.95. The molecule has 0 saturated carbocycles. The zero-order valence-corrected chi connectivity index (χ0v) is 20.9. The van der Waals surface area contributed by atoms with Crippen LogP contribution >= 0.6 is 8.17 Å². The van der Waals surface area contributed by atoms with E-state index in [1.165, 1.54) is 11.8 Å². The van der Waals surface area contributed by atoms with Gasteiger partial charge in [-0.3, -0.25) is 27.8 Å². The van der Waals surface area contributed by atoms with Gasteiger partial charge in [0.1, 0.15) is 5.69 Å². The highest BCUT2D eigenvalue weighted by molar-refractivity contribution is 7.55. The van der Waals surface area contributed by atoms with Crippen LogP contribution in [0.2, 0.25) is 0 Å². The normalized spacial score (nSPS) is 22.5. The van der Waals surface area contributed by atoms with Crippen molar-refractivity contribution in [2.24, 2.45) is 12.5 Å². The van der Waals surface area contributed by atoms with Gasteiger partial charge in [0, 0.05) is 24.4 Å². The average Bonchev–Trinajstić information content (AvgIpc) is 3.12. The Morgan fingerprint density at radius 3 is 2.61 bits per heavy atom. The molecule has 2 atom stereocenters. The summed E-state index contributed by atoms with van der Waals surface area (Å²) in [6.07, 6.45) is -1.13. The topological polar surface area (TPSA) is 147 Å². The van der Waals surface area contributed by atoms with Crippen LogP contribution in [0.15, 0.2) is 6.07 Å². The SMILES string of the molecule is COC(=O)CCNC(=O)[C@@H]1O[P](O)(OCOC(=O)c2cc(C(C)(C)C)nn2C)OCC1(C)C. The monoisotopic (exact) mass is 490 g/mol. The first kappa shape index (κ1) is 27.1. The fraction of sp³-hybridized carbons (Fsp3) is 0.700. The van der Waals surface area contributed by atoms with Gasteiger partial charge in [-0.1, -0.05) is 34.6 Å². The molecule has 1 aromatic rings. The van der Waals surface area contributed by atoms with Crippen LogP contribution in [-0.4, -0.2) is 65.7 Å². The second-order valence-electron chi connectivity index (χ2n) is 9.30. The van der Waals surface area contributed by atoms with E-state index in [9.17, 15) is 19.3 Å². The number of aryl methyl sites for hydroxylation is 1. The van der Waals surface area contributed by atoms with E-state index < -0.39 is 44.3 Å². The molecule has 0 aliphatic carbocycles. The van der Waals surface area contributed by atoms with E-state index in [4.69, 9.17) is 18.3 Å². The van der Waals surface area contributed by atoms with Gasteiger partial charge in [-0.2, -0.15) is 5.10 Å². The van der Waals surface area contributed by atoms with Gasteiger partial charge < -0.3 is 19.7 Å². The molecule has 1 amide bonds. The molecule has 12 nitrogen and oxygen atoms in total. The van der Waals surface area contributed by atoms with Crippen LogP contribution in [0.25, 0.3) is 0 Å². The maximum Gasteiger partial charge on any atom is 0.381 e. The molecule has 1 radical (unpaired) electrons. The van der Waals surface area contributed by atoms with E-state index in [1.54, 1.807) is 27.0 Å². The molecule has 0 bridgehead atoms. The van der Waals surface area contributed by atoms with Crippen molar-refractivity contribution in [3.05, 3.63) is 17.5 Å². The number of ether oxygens (including phenoxy) is 2. The van der Waals surface area contributed by atoms with E-state index in [-0.39, 0.29) is 30.7 Å². The molecule has 187 valence electrons. The fourth-order valence-corrected chi connectivity index (χ4v) is 4.35. The predicted molar refractivity (Wildman–Crippen MR) is 117 cm³/mol. The van der Waals surface area contributed by atoms with Crippen molar-refractivity contribution in [1.29, 1.82) is 0 Å². The Hall–Kier alpha value is -2.11. The Morgan fingerprint density at radius 2 is 2.03 bits per heavy atom. The standard InChI is InChI=1S/C20H33N3O9P/c1-19(2,3)14-10-13(23(6)22-14)18(26)29-12-31-33(27)30-11-20(4,5)16(32-33)17(25)21-9-8-15(24)28-7/h10,16,27H,8-9,11-12H2,1-7H3,(H,21,25)/t16-/m0/s1. The number of esters is 2. The van der Waals surface area contributed by atoms with Crippen LogP contribution in [0.1, 0.15) is 57.2 Å². The molecule has 2 N–H and O–H groups in total. The van der Waals surface area contributed by atoms with Crippen molar-refractivity contribution in [2.75, 3.05) is 27.1 Å². The van der Waals surface area contributed by atoms with E-state index in [1.807, 2.05) is 20.8 Å². The summed E-state index contributed by atoms with van der Waals surface area (Å²) in [6, 6.07) is 1.62. The number of rotatable bonds is 8. The van der Waals surface area contributed by atoms with Gasteiger partial charge in [0.2, 0.25) is 12.7 Å². The second-order valence-corrected chi connectivity index (χ2v) is 11.0. The highest BCUT2D eigenvalue weighted by Gasteiger charge is 2.50. The van der Waals surface area contributed by atoms with Crippen LogP contribution in [0.4, 0.5) is 0 Å². The van der Waals surface area contributed by atoms with Gasteiger partial charge in [-0.15, -0.1) is 0 Å². The van der Waals surface area contributed by atoms with E-state index in [2.05, 4.69) is 15.2 Å². The Labute approximate surface area is 193 Å². The summed E-state index contributed by atoms with van der Waals surface area (Å²) in [5, 5.41) is 6.87. The fourth-order valence-electron chi connectivity index (χ4n) is 2.83. The van der Waals surface area contributed by atoms with Gasteiger partial charge in [0.15, 0.2) is 6.10 Å². The van der Waals surface area contributed by atoms with Gasteiger partial charge in [0.25, 0.3) is 0 Å². The molecule has 1 aliphatic rings. The van der Waals surface area contributed by atoms with Crippen LogP contribution < -0.4 is 5.32 Å². The maximum atomic E-state index is 12.6. The van der Waals surface area contributed by atoms with Gasteiger partial charge in [0.05, 0.1) is 25.8 Å². The Bertz CT molecular complexity index is 881. The molecular weight excluding hydrogens is 457 g/mol. The van der Waals surface area contributed by atoms with Crippen LogP contribution in [0.3, 0.4) is 0 Å². The first-order valence-corrected chi connectivity index (χ1v) is 11.8. The predicted octanol–water partition coefficient (Wildman–Crippen LogP) is 1.64. The van der Waals surface area contributed by atoms with Crippen molar-refractivity contribution >= 4 is 26.0 Å². The quantitative estimate of drug-likeness (QED) is 0.313. The van der Waals surface area contributed by atoms with Crippen LogP contribution in [0.5, 0.6) is 0 Å². The molecule has 2 heterocycles. The number of aromatic nitrogens is 2. The highest BCUT2D eigenvalue weighted by Crippen LogP contribution is 2.63. The molecular formula is C20H33N3O9P. The lowest BCUT2D eigenvalue weighted by atomic mass is 9.87. The molecule has 1 saturated heterocycles. The summed E-state index contributed by atoms with van der Waals surface area (Å²) >= 11 is 0. The third kappa shape index (κ3) is 7.18. The van der Waals surface area contributed by atoms with Crippen molar-refractivity contribution < 1.29 is 42.3 Å². The highest BCUT2D eigenvalue weighted by atomic mass is 31.2. The molecule has 1 aromatic heterocycles. The number of nitrogens with zero attached hydrogens (tertiary/aromatic N) is 2. The minimum atomic E-state index is -3.94. The van der Waals surface area contributed by atoms with E-state index >= 15 is 0 Å². The zero-order chi connectivity index (χ0) is 25.0. The summed E-state index contributed by atoms with van der Waals surface area (Å²) in [5.74, 6) is -1.72. The zero-order valence-electron chi connectivity index (χ0n) is 20.0. The number of methoxy groups -OCH3 is 1. The summed E-state index contributed by atoms with van der Waals surface area (Å²) in [4.78, 5) is 46.8. The number of carbonyl (C=O) groups is 3. The van der Waals surface area contributed by atoms with Crippen molar-refractivity contribution in [3.8, 4) is 0 Å². The number of nitrogens with one attached hydrogen (secondary N) is 1. The van der Waals surface area contributed by atoms with Gasteiger partial charge >= 0.3 is 20.1 Å². The summed E-state index contributed by atoms with van der Waals surface area (Å²) in [7, 11) is -1.07. The lowest BCUT2D eigenvalue weighted by molar-refractivity contribution is -0.146. The largest absolute Gasteiger partial charge is 0.469 e. The molecule has 1 fully saturated rings. The Morgan fingerprint density at radius 1 is 1.36 bits per heavy atom. The number of carbonyl (C=O) groups excluding carboxylic acids is 3. The third-order valence-corrected chi connectivity index (χ3v) is 6.27. The van der Waals surface area contributed by atoms with E-state index in [0.717, 1.165) is 0 Å². The lowest BCUT2D eigenvalue weighted by Gasteiger charge is -2.43. The molecule has 33 heavy (non-hydrogen) atoms. The number of hydrogen-bond acceptors (Lipinski definition) is 10. The first-order chi connectivity index (χ1) is 15.2. The van der Waals surface area contributed by atoms with Crippen molar-refractivity contribution in [1.82, 2.24) is 15.1 Å². The maximum absolute atomic E-state index is 12.6. The smallest absolute Gasteiger partial charge is 0.381 e. The summed E-state index contributed by atoms with van der Waals surface area (Å²) in [6.45, 7) is 8.68. The third-order valence-electron chi connectivity index (χ3n) is 4.91. The lowest BCUT2D eigenvalue weighted by Crippen LogP contribution is -2.50. The van der Waals surface area contributed by atoms with Crippen LogP contribution in [-0.2, 0) is 45.1 Å². The molecule has 0 aromatic carbocycles. The molecule has 0 spiro atoms. The van der Waals surface area contributed by atoms with Gasteiger partial charge in [-0.05, 0) is 6.07 Å². The molecule has 1 aliphatic heterocycles. The summed E-state index contributed by atoms with van der Waals surface area (Å²) in [5.41, 5.74) is -0.120. The van der Waals surface area contributed by atoms with Gasteiger partial charge in [-0.25, -0.2) is 4.79 Å². The molecule has 13 heteroatoms. The van der Waals surface area contributed by atoms with Crippen molar-refractivity contribution in [2.45, 2.75) is 52.6 Å². The minimum Gasteiger partial charge on any atom is -0.469 e. The molecule has 1 unspecified atom stereocenters. The Kier molecular flexibility index (Phi) is 8.58. The minimum absolute atomic E-state index is 0.0112. The summed E-state index contributed by atoms with van der Waals surface area (Å²) < 4.78 is 27.0. The number of amides is 1. The van der Waals surface area contributed by atoms with E-state index in [0.29, 0.717) is 5.69 Å².